The normalized spacial score (nSPS) is 11.0. The summed E-state index contributed by atoms with van der Waals surface area (Å²) in [7, 11) is 4.78. The van der Waals surface area contributed by atoms with Crippen LogP contribution in [0.25, 0.3) is 10.9 Å². The van der Waals surface area contributed by atoms with E-state index in [9.17, 15) is 0 Å². The Hall–Kier alpha value is -3.28. The van der Waals surface area contributed by atoms with Crippen LogP contribution >= 0.6 is 0 Å². The van der Waals surface area contributed by atoms with Crippen molar-refractivity contribution in [2.45, 2.75) is 13.8 Å². The number of benzene rings is 2. The molecule has 0 unspecified atom stereocenters. The number of hydrogen-bond acceptors (Lipinski definition) is 6. The van der Waals surface area contributed by atoms with Gasteiger partial charge in [0.15, 0.2) is 11.5 Å². The van der Waals surface area contributed by atoms with Gasteiger partial charge in [0.25, 0.3) is 0 Å². The lowest BCUT2D eigenvalue weighted by Crippen LogP contribution is -1.99. The van der Waals surface area contributed by atoms with Crippen molar-refractivity contribution in [1.82, 2.24) is 4.98 Å². The summed E-state index contributed by atoms with van der Waals surface area (Å²) in [5.74, 6) is 2.55. The van der Waals surface area contributed by atoms with E-state index in [4.69, 9.17) is 14.2 Å². The fourth-order valence-corrected chi connectivity index (χ4v) is 2.81. The molecule has 27 heavy (non-hydrogen) atoms. The minimum atomic E-state index is 0.599. The number of fused-ring (bicyclic) bond motifs is 1. The molecule has 0 spiro atoms. The molecule has 6 nitrogen and oxygen atoms in total. The van der Waals surface area contributed by atoms with E-state index in [1.54, 1.807) is 33.6 Å². The lowest BCUT2D eigenvalue weighted by Gasteiger charge is -2.12. The van der Waals surface area contributed by atoms with Gasteiger partial charge in [0, 0.05) is 17.0 Å². The zero-order valence-corrected chi connectivity index (χ0v) is 16.2. The van der Waals surface area contributed by atoms with Gasteiger partial charge in [-0.2, -0.15) is 5.10 Å². The van der Waals surface area contributed by atoms with E-state index in [1.165, 1.54) is 5.56 Å². The van der Waals surface area contributed by atoms with Gasteiger partial charge in [-0.05, 0) is 43.2 Å². The number of anilines is 1. The lowest BCUT2D eigenvalue weighted by molar-refractivity contribution is 0.349. The molecule has 0 radical (unpaired) electrons. The predicted molar refractivity (Wildman–Crippen MR) is 109 cm³/mol. The Morgan fingerprint density at radius 2 is 1.59 bits per heavy atom. The van der Waals surface area contributed by atoms with E-state index >= 15 is 0 Å². The molecule has 0 saturated carbocycles. The number of aromatic nitrogens is 1. The molecule has 0 amide bonds. The smallest absolute Gasteiger partial charge is 0.164 e. The lowest BCUT2D eigenvalue weighted by atomic mass is 10.1. The van der Waals surface area contributed by atoms with E-state index in [0.717, 1.165) is 22.0 Å². The molecule has 2 aromatic carbocycles. The Morgan fingerprint density at radius 1 is 0.889 bits per heavy atom. The van der Waals surface area contributed by atoms with Crippen LogP contribution < -0.4 is 19.6 Å². The van der Waals surface area contributed by atoms with Gasteiger partial charge in [0.1, 0.15) is 11.6 Å². The highest BCUT2D eigenvalue weighted by atomic mass is 16.5. The van der Waals surface area contributed by atoms with Crippen molar-refractivity contribution in [1.29, 1.82) is 0 Å². The molecule has 1 N–H and O–H groups in total. The number of pyridine rings is 1. The standard InChI is InChI=1S/C21H23N3O3/c1-13-6-7-15-9-14(2)21(23-17(15)8-13)24-22-12-16-10-19(26-4)20(27-5)11-18(16)25-3/h6-12H,1-5H3,(H,23,24)/b22-12+. The summed E-state index contributed by atoms with van der Waals surface area (Å²) in [6.07, 6.45) is 1.67. The van der Waals surface area contributed by atoms with E-state index in [-0.39, 0.29) is 0 Å². The zero-order valence-electron chi connectivity index (χ0n) is 16.2. The van der Waals surface area contributed by atoms with Gasteiger partial charge in [-0.15, -0.1) is 0 Å². The molecule has 0 aliphatic heterocycles. The molecule has 3 rings (SSSR count). The van der Waals surface area contributed by atoms with Gasteiger partial charge in [-0.3, -0.25) is 5.43 Å². The molecule has 3 aromatic rings. The maximum atomic E-state index is 5.41. The summed E-state index contributed by atoms with van der Waals surface area (Å²) < 4.78 is 16.1. The van der Waals surface area contributed by atoms with E-state index < -0.39 is 0 Å². The Kier molecular flexibility index (Phi) is 5.45. The highest BCUT2D eigenvalue weighted by Crippen LogP contribution is 2.33. The van der Waals surface area contributed by atoms with Crippen molar-refractivity contribution < 1.29 is 14.2 Å². The van der Waals surface area contributed by atoms with Gasteiger partial charge in [0.2, 0.25) is 0 Å². The topological polar surface area (TPSA) is 65.0 Å². The minimum absolute atomic E-state index is 0.599. The van der Waals surface area contributed by atoms with Crippen LogP contribution in [0.3, 0.4) is 0 Å². The van der Waals surface area contributed by atoms with Crippen molar-refractivity contribution in [3.63, 3.8) is 0 Å². The number of hydrazone groups is 1. The van der Waals surface area contributed by atoms with Gasteiger partial charge in [0.05, 0.1) is 33.1 Å². The summed E-state index contributed by atoms with van der Waals surface area (Å²) in [4.78, 5) is 4.67. The second kappa shape index (κ2) is 7.95. The highest BCUT2D eigenvalue weighted by Gasteiger charge is 2.10. The van der Waals surface area contributed by atoms with Crippen LogP contribution in [-0.2, 0) is 0 Å². The molecule has 6 heteroatoms. The monoisotopic (exact) mass is 365 g/mol. The fraction of sp³-hybridized carbons (Fsp3) is 0.238. The molecular formula is C21H23N3O3. The van der Waals surface area contributed by atoms with Crippen LogP contribution in [0.15, 0.2) is 41.5 Å². The third-order valence-electron chi connectivity index (χ3n) is 4.27. The van der Waals surface area contributed by atoms with Gasteiger partial charge in [-0.1, -0.05) is 12.1 Å². The third kappa shape index (κ3) is 3.95. The third-order valence-corrected chi connectivity index (χ3v) is 4.27. The van der Waals surface area contributed by atoms with E-state index in [1.807, 2.05) is 13.0 Å². The first-order valence-electron chi connectivity index (χ1n) is 8.52. The predicted octanol–water partition coefficient (Wildman–Crippen LogP) is 4.32. The summed E-state index contributed by atoms with van der Waals surface area (Å²) in [5.41, 5.74) is 6.90. The molecule has 1 aromatic heterocycles. The quantitative estimate of drug-likeness (QED) is 0.520. The van der Waals surface area contributed by atoms with E-state index in [2.05, 4.69) is 46.7 Å². The molecular weight excluding hydrogens is 342 g/mol. The van der Waals surface area contributed by atoms with Gasteiger partial charge >= 0.3 is 0 Å². The highest BCUT2D eigenvalue weighted by molar-refractivity contribution is 5.86. The maximum absolute atomic E-state index is 5.41. The van der Waals surface area contributed by atoms with Gasteiger partial charge in [-0.25, -0.2) is 4.98 Å². The first kappa shape index (κ1) is 18.5. The van der Waals surface area contributed by atoms with Crippen LogP contribution in [-0.4, -0.2) is 32.5 Å². The van der Waals surface area contributed by atoms with E-state index in [0.29, 0.717) is 23.1 Å². The molecule has 0 aliphatic rings. The number of hydrogen-bond donors (Lipinski definition) is 1. The van der Waals surface area contributed by atoms with Gasteiger partial charge < -0.3 is 14.2 Å². The van der Waals surface area contributed by atoms with Crippen molar-refractivity contribution in [3.8, 4) is 17.2 Å². The molecule has 0 atom stereocenters. The molecule has 0 bridgehead atoms. The van der Waals surface area contributed by atoms with Crippen LogP contribution in [0, 0.1) is 13.8 Å². The first-order valence-corrected chi connectivity index (χ1v) is 8.52. The number of aryl methyl sites for hydroxylation is 2. The first-order chi connectivity index (χ1) is 13.0. The van der Waals surface area contributed by atoms with Crippen molar-refractivity contribution in [2.24, 2.45) is 5.10 Å². The number of methoxy groups -OCH3 is 3. The molecule has 0 aliphatic carbocycles. The Labute approximate surface area is 158 Å². The fourth-order valence-electron chi connectivity index (χ4n) is 2.81. The second-order valence-corrected chi connectivity index (χ2v) is 6.17. The van der Waals surface area contributed by atoms with Crippen LogP contribution in [0.2, 0.25) is 0 Å². The zero-order chi connectivity index (χ0) is 19.4. The Morgan fingerprint density at radius 3 is 2.30 bits per heavy atom. The van der Waals surface area contributed by atoms with Crippen molar-refractivity contribution >= 4 is 22.9 Å². The second-order valence-electron chi connectivity index (χ2n) is 6.17. The molecule has 140 valence electrons. The average Bonchev–Trinajstić information content (AvgIpc) is 2.68. The van der Waals surface area contributed by atoms with Crippen LogP contribution in [0.1, 0.15) is 16.7 Å². The summed E-state index contributed by atoms with van der Waals surface area (Å²) in [6, 6.07) is 11.9. The average molecular weight is 365 g/mol. The number of nitrogens with zero attached hydrogens (tertiary/aromatic N) is 2. The van der Waals surface area contributed by atoms with Crippen LogP contribution in [0.4, 0.5) is 5.82 Å². The molecule has 1 heterocycles. The SMILES string of the molecule is COc1cc(OC)c(OC)cc1/C=N/Nc1nc2cc(C)ccc2cc1C. The minimum Gasteiger partial charge on any atom is -0.496 e. The van der Waals surface area contributed by atoms with Crippen molar-refractivity contribution in [2.75, 3.05) is 26.8 Å². The number of rotatable bonds is 6. The maximum Gasteiger partial charge on any atom is 0.164 e. The largest absolute Gasteiger partial charge is 0.496 e. The molecule has 0 saturated heterocycles. The Bertz CT molecular complexity index is 1000. The number of nitrogens with one attached hydrogen (secondary N) is 1. The van der Waals surface area contributed by atoms with Crippen LogP contribution in [0.5, 0.6) is 17.2 Å². The molecule has 0 fully saturated rings. The van der Waals surface area contributed by atoms with Crippen molar-refractivity contribution in [3.05, 3.63) is 53.1 Å². The summed E-state index contributed by atoms with van der Waals surface area (Å²) in [5, 5.41) is 5.43. The number of ether oxygens (including phenoxy) is 3. The Balaban J connectivity index is 1.89. The summed E-state index contributed by atoms with van der Waals surface area (Å²) in [6.45, 7) is 4.05. The summed E-state index contributed by atoms with van der Waals surface area (Å²) >= 11 is 0.